The molecule has 1 aliphatic rings. The number of aliphatic imine (C=N–C) groups is 1. The first-order valence-corrected chi connectivity index (χ1v) is 4.72. The first-order chi connectivity index (χ1) is 5.40. The van der Waals surface area contributed by atoms with Gasteiger partial charge in [-0.2, -0.15) is 0 Å². The van der Waals surface area contributed by atoms with E-state index in [9.17, 15) is 0 Å². The first-order valence-electron chi connectivity index (χ1n) is 3.60. The van der Waals surface area contributed by atoms with Gasteiger partial charge in [-0.1, -0.05) is 28.1 Å². The molecule has 1 aromatic rings. The van der Waals surface area contributed by atoms with Crippen molar-refractivity contribution >= 4 is 27.8 Å². The van der Waals surface area contributed by atoms with Gasteiger partial charge < -0.3 is 0 Å². The number of nitrogens with zero attached hydrogens (tertiary/aromatic N) is 1. The van der Waals surface area contributed by atoms with Crippen LogP contribution in [-0.2, 0) is 11.8 Å². The van der Waals surface area contributed by atoms with Crippen LogP contribution in [0.2, 0.25) is 0 Å². The molecule has 0 N–H and O–H groups in total. The van der Waals surface area contributed by atoms with Gasteiger partial charge in [0.15, 0.2) is 0 Å². The molecule has 0 bridgehead atoms. The molecule has 1 heterocycles. The summed E-state index contributed by atoms with van der Waals surface area (Å²) in [6, 6.07) is 6.39. The highest BCUT2D eigenvalue weighted by atomic mass is 79.9. The molecule has 0 aliphatic carbocycles. The van der Waals surface area contributed by atoms with E-state index in [1.807, 2.05) is 6.21 Å². The van der Waals surface area contributed by atoms with Gasteiger partial charge >= 0.3 is 0 Å². The van der Waals surface area contributed by atoms with E-state index in [0.717, 1.165) is 17.4 Å². The Labute approximate surface area is 74.3 Å². The quantitative estimate of drug-likeness (QED) is 0.632. The lowest BCUT2D eigenvalue weighted by Crippen LogP contribution is -1.82. The van der Waals surface area contributed by atoms with Crippen molar-refractivity contribution in [3.05, 3.63) is 29.3 Å². The summed E-state index contributed by atoms with van der Waals surface area (Å²) in [7, 11) is 0. The Morgan fingerprint density at radius 3 is 3.18 bits per heavy atom. The molecule has 11 heavy (non-hydrogen) atoms. The van der Waals surface area contributed by atoms with Crippen LogP contribution in [0.4, 0.5) is 5.69 Å². The van der Waals surface area contributed by atoms with Crippen LogP contribution in [0.25, 0.3) is 0 Å². The normalized spacial score (nSPS) is 13.5. The van der Waals surface area contributed by atoms with Crippen molar-refractivity contribution in [2.24, 2.45) is 4.99 Å². The minimum atomic E-state index is 0.931. The van der Waals surface area contributed by atoms with E-state index in [4.69, 9.17) is 0 Å². The molecular weight excluding hydrogens is 202 g/mol. The summed E-state index contributed by atoms with van der Waals surface area (Å²) >= 11 is 3.42. The van der Waals surface area contributed by atoms with Crippen LogP contribution in [-0.4, -0.2) is 6.21 Å². The molecule has 1 nitrogen and oxygen atoms in total. The van der Waals surface area contributed by atoms with Gasteiger partial charge in [-0.05, 0) is 17.2 Å². The number of hydrogen-bond acceptors (Lipinski definition) is 1. The lowest BCUT2D eigenvalue weighted by atomic mass is 10.1. The largest absolute Gasteiger partial charge is 0.261 e. The van der Waals surface area contributed by atoms with E-state index in [1.165, 1.54) is 11.1 Å². The minimum Gasteiger partial charge on any atom is -0.261 e. The predicted molar refractivity (Wildman–Crippen MR) is 50.9 cm³/mol. The highest BCUT2D eigenvalue weighted by Crippen LogP contribution is 2.25. The van der Waals surface area contributed by atoms with E-state index in [1.54, 1.807) is 0 Å². The van der Waals surface area contributed by atoms with Gasteiger partial charge in [-0.15, -0.1) is 0 Å². The third-order valence-electron chi connectivity index (χ3n) is 1.84. The summed E-state index contributed by atoms with van der Waals surface area (Å²) in [5.41, 5.74) is 3.81. The summed E-state index contributed by atoms with van der Waals surface area (Å²) in [5, 5.41) is 0.931. The minimum absolute atomic E-state index is 0.931. The van der Waals surface area contributed by atoms with Crippen molar-refractivity contribution < 1.29 is 0 Å². The average molecular weight is 210 g/mol. The number of halogens is 1. The second-order valence-electron chi connectivity index (χ2n) is 2.61. The third-order valence-corrected chi connectivity index (χ3v) is 2.49. The topological polar surface area (TPSA) is 12.4 Å². The fraction of sp³-hybridized carbons (Fsp3) is 0.222. The number of benzene rings is 1. The smallest absolute Gasteiger partial charge is 0.0661 e. The van der Waals surface area contributed by atoms with Gasteiger partial charge in [0, 0.05) is 18.0 Å². The van der Waals surface area contributed by atoms with Gasteiger partial charge in [0.2, 0.25) is 0 Å². The van der Waals surface area contributed by atoms with Crippen LogP contribution < -0.4 is 0 Å². The summed E-state index contributed by atoms with van der Waals surface area (Å²) < 4.78 is 0. The molecule has 2 heteroatoms. The molecule has 0 fully saturated rings. The van der Waals surface area contributed by atoms with E-state index < -0.39 is 0 Å². The maximum Gasteiger partial charge on any atom is 0.0661 e. The lowest BCUT2D eigenvalue weighted by molar-refractivity contribution is 1.34. The van der Waals surface area contributed by atoms with Crippen LogP contribution >= 0.6 is 15.9 Å². The van der Waals surface area contributed by atoms with Gasteiger partial charge in [0.05, 0.1) is 5.69 Å². The Balaban J connectivity index is 2.45. The second-order valence-corrected chi connectivity index (χ2v) is 3.17. The molecule has 2 rings (SSSR count). The molecule has 0 spiro atoms. The second kappa shape index (κ2) is 2.78. The van der Waals surface area contributed by atoms with Crippen molar-refractivity contribution in [1.82, 2.24) is 0 Å². The van der Waals surface area contributed by atoms with Gasteiger partial charge in [0.1, 0.15) is 0 Å². The van der Waals surface area contributed by atoms with Gasteiger partial charge in [-0.25, -0.2) is 0 Å². The Morgan fingerprint density at radius 1 is 1.45 bits per heavy atom. The monoisotopic (exact) mass is 209 g/mol. The maximum atomic E-state index is 4.23. The fourth-order valence-corrected chi connectivity index (χ4v) is 1.60. The van der Waals surface area contributed by atoms with Crippen LogP contribution in [0.1, 0.15) is 11.1 Å². The van der Waals surface area contributed by atoms with Crippen molar-refractivity contribution in [1.29, 1.82) is 0 Å². The van der Waals surface area contributed by atoms with Crippen LogP contribution in [0, 0.1) is 0 Å². The molecule has 1 aromatic carbocycles. The molecule has 0 aromatic heterocycles. The Hall–Kier alpha value is -0.630. The molecule has 0 unspecified atom stereocenters. The highest BCUT2D eigenvalue weighted by Gasteiger charge is 2.05. The summed E-state index contributed by atoms with van der Waals surface area (Å²) in [6.45, 7) is 0. The third kappa shape index (κ3) is 1.23. The molecule has 0 amide bonds. The van der Waals surface area contributed by atoms with E-state index in [2.05, 4.69) is 39.1 Å². The Bertz CT molecular complexity index is 304. The number of alkyl halides is 1. The van der Waals surface area contributed by atoms with E-state index in [-0.39, 0.29) is 0 Å². The predicted octanol–water partition coefficient (Wildman–Crippen LogP) is 2.84. The zero-order valence-corrected chi connectivity index (χ0v) is 7.63. The van der Waals surface area contributed by atoms with Gasteiger partial charge in [-0.3, -0.25) is 4.99 Å². The van der Waals surface area contributed by atoms with E-state index >= 15 is 0 Å². The van der Waals surface area contributed by atoms with E-state index in [0.29, 0.717) is 0 Å². The zero-order chi connectivity index (χ0) is 7.68. The lowest BCUT2D eigenvalue weighted by Gasteiger charge is -1.98. The fourth-order valence-electron chi connectivity index (χ4n) is 1.25. The zero-order valence-electron chi connectivity index (χ0n) is 6.05. The molecule has 0 saturated carbocycles. The molecule has 0 radical (unpaired) electrons. The Kier molecular flexibility index (Phi) is 1.78. The number of hydrogen-bond donors (Lipinski definition) is 0. The SMILES string of the molecule is BrCc1ccc2c(c1)CC=N2. The van der Waals surface area contributed by atoms with Crippen molar-refractivity contribution in [2.75, 3.05) is 0 Å². The molecule has 1 aliphatic heterocycles. The number of rotatable bonds is 1. The van der Waals surface area contributed by atoms with Crippen molar-refractivity contribution in [3.8, 4) is 0 Å². The summed E-state index contributed by atoms with van der Waals surface area (Å²) in [5.74, 6) is 0. The molecule has 0 saturated heterocycles. The molecular formula is C9H8BrN. The maximum absolute atomic E-state index is 4.23. The number of fused-ring (bicyclic) bond motifs is 1. The molecule has 56 valence electrons. The van der Waals surface area contributed by atoms with Crippen LogP contribution in [0.5, 0.6) is 0 Å². The van der Waals surface area contributed by atoms with Crippen molar-refractivity contribution in [3.63, 3.8) is 0 Å². The van der Waals surface area contributed by atoms with Crippen LogP contribution in [0.3, 0.4) is 0 Å². The van der Waals surface area contributed by atoms with Crippen LogP contribution in [0.15, 0.2) is 23.2 Å². The van der Waals surface area contributed by atoms with Gasteiger partial charge in [0.25, 0.3) is 0 Å². The molecule has 0 atom stereocenters. The van der Waals surface area contributed by atoms with Crippen molar-refractivity contribution in [2.45, 2.75) is 11.8 Å². The standard InChI is InChI=1S/C9H8BrN/c10-6-7-1-2-9-8(5-7)3-4-11-9/h1-2,4-5H,3,6H2. The Morgan fingerprint density at radius 2 is 2.36 bits per heavy atom. The first kappa shape index (κ1) is 7.04. The summed E-state index contributed by atoms with van der Waals surface area (Å²) in [6.07, 6.45) is 2.96. The average Bonchev–Trinajstić information content (AvgIpc) is 2.50. The highest BCUT2D eigenvalue weighted by molar-refractivity contribution is 9.08. The summed E-state index contributed by atoms with van der Waals surface area (Å²) in [4.78, 5) is 4.23.